The van der Waals surface area contributed by atoms with Crippen LogP contribution in [0.5, 0.6) is 5.75 Å². The summed E-state index contributed by atoms with van der Waals surface area (Å²) in [5, 5.41) is 9.06. The van der Waals surface area contributed by atoms with E-state index in [0.29, 0.717) is 6.61 Å². The van der Waals surface area contributed by atoms with Crippen molar-refractivity contribution in [3.05, 3.63) is 65.2 Å². The Hall–Kier alpha value is -2.77. The molecule has 0 amide bonds. The van der Waals surface area contributed by atoms with Gasteiger partial charge in [0, 0.05) is 7.11 Å². The van der Waals surface area contributed by atoms with E-state index in [1.54, 1.807) is 7.11 Å². The summed E-state index contributed by atoms with van der Waals surface area (Å²) >= 11 is 0. The van der Waals surface area contributed by atoms with Gasteiger partial charge in [0.15, 0.2) is 0 Å². The lowest BCUT2D eigenvalue weighted by Gasteiger charge is -2.11. The highest BCUT2D eigenvalue weighted by atomic mass is 16.5. The molecule has 130 valence electrons. The summed E-state index contributed by atoms with van der Waals surface area (Å²) < 4.78 is 10.7. The molecule has 0 fully saturated rings. The number of carboxylic acids is 1. The van der Waals surface area contributed by atoms with E-state index in [0.717, 1.165) is 16.9 Å². The van der Waals surface area contributed by atoms with Gasteiger partial charge in [0.1, 0.15) is 19.0 Å². The number of benzene rings is 2. The molecule has 0 saturated heterocycles. The predicted octanol–water partition coefficient (Wildman–Crippen LogP) is 3.78. The molecule has 0 aliphatic rings. The highest BCUT2D eigenvalue weighted by molar-refractivity contribution is 5.69. The van der Waals surface area contributed by atoms with Gasteiger partial charge in [-0.25, -0.2) is 0 Å². The average Bonchev–Trinajstić information content (AvgIpc) is 2.61. The molecular formula is C21H22O4. The fourth-order valence-corrected chi connectivity index (χ4v) is 2.31. The Bertz CT molecular complexity index is 736. The molecule has 2 rings (SSSR count). The number of hydrogen-bond acceptors (Lipinski definition) is 3. The van der Waals surface area contributed by atoms with Crippen molar-refractivity contribution in [2.24, 2.45) is 0 Å². The number of hydrogen-bond donors (Lipinski definition) is 1. The molecule has 0 bridgehead atoms. The molecule has 0 aliphatic heterocycles. The maximum absolute atomic E-state index is 11.0. The largest absolute Gasteiger partial charge is 0.489 e. The van der Waals surface area contributed by atoms with Crippen LogP contribution in [0.2, 0.25) is 0 Å². The standard InChI is InChI=1S/C21H22O4/c1-16-5-7-17(8-6-16)15-25-20-11-9-18(10-12-20)19(14-21(22)23)4-3-13-24-2/h5-12,19H,13-15H2,1-2H3,(H,22,23). The van der Waals surface area contributed by atoms with Crippen LogP contribution < -0.4 is 4.74 Å². The minimum Gasteiger partial charge on any atom is -0.489 e. The molecule has 1 unspecified atom stereocenters. The van der Waals surface area contributed by atoms with E-state index in [2.05, 4.69) is 24.0 Å². The fraction of sp³-hybridized carbons (Fsp3) is 0.286. The van der Waals surface area contributed by atoms with Gasteiger partial charge >= 0.3 is 5.97 Å². The molecule has 0 heterocycles. The Morgan fingerprint density at radius 1 is 1.12 bits per heavy atom. The van der Waals surface area contributed by atoms with Crippen LogP contribution in [0, 0.1) is 18.8 Å². The number of carbonyl (C=O) groups is 1. The molecule has 1 N–H and O–H groups in total. The number of aliphatic carboxylic acids is 1. The van der Waals surface area contributed by atoms with E-state index < -0.39 is 5.97 Å². The van der Waals surface area contributed by atoms with Crippen molar-refractivity contribution >= 4 is 5.97 Å². The summed E-state index contributed by atoms with van der Waals surface area (Å²) in [6.45, 7) is 2.83. The molecule has 4 nitrogen and oxygen atoms in total. The monoisotopic (exact) mass is 338 g/mol. The second-order valence-electron chi connectivity index (χ2n) is 5.75. The van der Waals surface area contributed by atoms with Gasteiger partial charge in [-0.3, -0.25) is 4.79 Å². The molecule has 1 atom stereocenters. The summed E-state index contributed by atoms with van der Waals surface area (Å²) in [7, 11) is 1.56. The molecule has 25 heavy (non-hydrogen) atoms. The Morgan fingerprint density at radius 2 is 1.80 bits per heavy atom. The highest BCUT2D eigenvalue weighted by Gasteiger charge is 2.13. The average molecular weight is 338 g/mol. The van der Waals surface area contributed by atoms with E-state index in [1.165, 1.54) is 5.56 Å². The van der Waals surface area contributed by atoms with Crippen LogP contribution >= 0.6 is 0 Å². The molecule has 0 saturated carbocycles. The minimum absolute atomic E-state index is 0.0414. The Balaban J connectivity index is 2.02. The van der Waals surface area contributed by atoms with Crippen LogP contribution in [0.3, 0.4) is 0 Å². The van der Waals surface area contributed by atoms with Crippen LogP contribution in [0.1, 0.15) is 29.0 Å². The zero-order valence-electron chi connectivity index (χ0n) is 14.5. The van der Waals surface area contributed by atoms with Crippen LogP contribution in [-0.2, 0) is 16.1 Å². The normalized spacial score (nSPS) is 11.3. The van der Waals surface area contributed by atoms with E-state index in [1.807, 2.05) is 43.3 Å². The van der Waals surface area contributed by atoms with Gasteiger partial charge in [0.2, 0.25) is 0 Å². The van der Waals surface area contributed by atoms with Gasteiger partial charge in [-0.05, 0) is 30.2 Å². The topological polar surface area (TPSA) is 55.8 Å². The summed E-state index contributed by atoms with van der Waals surface area (Å²) in [5.41, 5.74) is 3.17. The zero-order valence-corrected chi connectivity index (χ0v) is 14.5. The Kier molecular flexibility index (Phi) is 7.06. The first kappa shape index (κ1) is 18.6. The van der Waals surface area contributed by atoms with Gasteiger partial charge in [0.05, 0.1) is 12.3 Å². The second-order valence-corrected chi connectivity index (χ2v) is 5.75. The minimum atomic E-state index is -0.878. The number of methoxy groups -OCH3 is 1. The number of ether oxygens (including phenoxy) is 2. The first-order valence-corrected chi connectivity index (χ1v) is 8.06. The maximum atomic E-state index is 11.0. The molecule has 0 aliphatic carbocycles. The molecule has 4 heteroatoms. The van der Waals surface area contributed by atoms with E-state index >= 15 is 0 Å². The summed E-state index contributed by atoms with van der Waals surface area (Å²) in [6, 6.07) is 15.6. The molecule has 0 radical (unpaired) electrons. The smallest absolute Gasteiger partial charge is 0.304 e. The van der Waals surface area contributed by atoms with Crippen molar-refractivity contribution in [3.8, 4) is 17.6 Å². The van der Waals surface area contributed by atoms with Gasteiger partial charge in [-0.15, -0.1) is 0 Å². The van der Waals surface area contributed by atoms with Crippen LogP contribution in [0.25, 0.3) is 0 Å². The maximum Gasteiger partial charge on any atom is 0.304 e. The van der Waals surface area contributed by atoms with Crippen LogP contribution in [0.15, 0.2) is 48.5 Å². The first-order valence-electron chi connectivity index (χ1n) is 8.06. The molecule has 0 spiro atoms. The van der Waals surface area contributed by atoms with Crippen molar-refractivity contribution in [1.82, 2.24) is 0 Å². The number of carboxylic acid groups (broad SMARTS) is 1. The molecule has 2 aromatic rings. The highest BCUT2D eigenvalue weighted by Crippen LogP contribution is 2.22. The van der Waals surface area contributed by atoms with Gasteiger partial charge in [0.25, 0.3) is 0 Å². The lowest BCUT2D eigenvalue weighted by molar-refractivity contribution is -0.137. The van der Waals surface area contributed by atoms with Crippen molar-refractivity contribution in [2.75, 3.05) is 13.7 Å². The van der Waals surface area contributed by atoms with Gasteiger partial charge in [-0.2, -0.15) is 0 Å². The Morgan fingerprint density at radius 3 is 2.40 bits per heavy atom. The molecule has 2 aromatic carbocycles. The van der Waals surface area contributed by atoms with Crippen LogP contribution in [-0.4, -0.2) is 24.8 Å². The zero-order chi connectivity index (χ0) is 18.1. The summed E-state index contributed by atoms with van der Waals surface area (Å²) in [4.78, 5) is 11.0. The lowest BCUT2D eigenvalue weighted by Crippen LogP contribution is -2.05. The molecule has 0 aromatic heterocycles. The first-order chi connectivity index (χ1) is 12.1. The van der Waals surface area contributed by atoms with Gasteiger partial charge < -0.3 is 14.6 Å². The fourth-order valence-electron chi connectivity index (χ4n) is 2.31. The van der Waals surface area contributed by atoms with Crippen molar-refractivity contribution in [1.29, 1.82) is 0 Å². The lowest BCUT2D eigenvalue weighted by atomic mass is 9.96. The predicted molar refractivity (Wildman–Crippen MR) is 96.6 cm³/mol. The van der Waals surface area contributed by atoms with Crippen LogP contribution in [0.4, 0.5) is 0 Å². The van der Waals surface area contributed by atoms with E-state index in [9.17, 15) is 4.79 Å². The SMILES string of the molecule is COCC#CC(CC(=O)O)c1ccc(OCc2ccc(C)cc2)cc1. The third-order valence-electron chi connectivity index (χ3n) is 3.68. The van der Waals surface area contributed by atoms with E-state index in [4.69, 9.17) is 14.6 Å². The summed E-state index contributed by atoms with van der Waals surface area (Å²) in [5.74, 6) is 5.29. The third kappa shape index (κ3) is 6.33. The van der Waals surface area contributed by atoms with Crippen molar-refractivity contribution in [2.45, 2.75) is 25.9 Å². The number of aryl methyl sites for hydroxylation is 1. The molecular weight excluding hydrogens is 316 g/mol. The van der Waals surface area contributed by atoms with Gasteiger partial charge in [-0.1, -0.05) is 53.8 Å². The summed E-state index contributed by atoms with van der Waals surface area (Å²) in [6.07, 6.45) is -0.0414. The quantitative estimate of drug-likeness (QED) is 0.781. The van der Waals surface area contributed by atoms with E-state index in [-0.39, 0.29) is 18.9 Å². The van der Waals surface area contributed by atoms with Crippen molar-refractivity contribution < 1.29 is 19.4 Å². The second kappa shape index (κ2) is 9.51. The Labute approximate surface area is 148 Å². The third-order valence-corrected chi connectivity index (χ3v) is 3.68. The van der Waals surface area contributed by atoms with Crippen molar-refractivity contribution in [3.63, 3.8) is 0 Å². The number of rotatable bonds is 7.